The van der Waals surface area contributed by atoms with Gasteiger partial charge in [0.05, 0.1) is 18.1 Å². The Hall–Kier alpha value is -1.07. The van der Waals surface area contributed by atoms with Crippen molar-refractivity contribution in [1.29, 1.82) is 0 Å². The first-order chi connectivity index (χ1) is 10.6. The van der Waals surface area contributed by atoms with E-state index in [0.29, 0.717) is 18.2 Å². The van der Waals surface area contributed by atoms with Gasteiger partial charge in [-0.15, -0.1) is 0 Å². The van der Waals surface area contributed by atoms with Gasteiger partial charge < -0.3 is 4.74 Å². The van der Waals surface area contributed by atoms with E-state index in [4.69, 9.17) is 4.74 Å². The second-order valence-electron chi connectivity index (χ2n) is 6.93. The van der Waals surface area contributed by atoms with Crippen LogP contribution in [0.3, 0.4) is 0 Å². The molecule has 4 nitrogen and oxygen atoms in total. The van der Waals surface area contributed by atoms with Gasteiger partial charge in [0.2, 0.25) is 0 Å². The van der Waals surface area contributed by atoms with Crippen LogP contribution in [0.1, 0.15) is 29.5 Å². The standard InChI is InChI=1S/C17H23NO3S/c1-21-16-8-13-4-2-3-12(13)7-15(16)10-18-9-14-5-6-22(19,20)17(14)11-18/h7-8,14,17H,2-6,9-11H2,1H3/t14-,17+/m0/s1. The molecule has 0 bridgehead atoms. The Morgan fingerprint density at radius 2 is 2.00 bits per heavy atom. The monoisotopic (exact) mass is 321 g/mol. The van der Waals surface area contributed by atoms with E-state index in [9.17, 15) is 8.42 Å². The largest absolute Gasteiger partial charge is 0.496 e. The number of aryl methyl sites for hydroxylation is 2. The third-order valence-corrected chi connectivity index (χ3v) is 7.84. The number of hydrogen-bond acceptors (Lipinski definition) is 4. The van der Waals surface area contributed by atoms with Crippen LogP contribution in [-0.2, 0) is 29.2 Å². The molecule has 1 aliphatic carbocycles. The zero-order chi connectivity index (χ0) is 15.3. The number of sulfone groups is 1. The van der Waals surface area contributed by atoms with Crippen LogP contribution >= 0.6 is 0 Å². The van der Waals surface area contributed by atoms with E-state index in [-0.39, 0.29) is 5.25 Å². The molecule has 3 aliphatic rings. The molecule has 2 saturated heterocycles. The van der Waals surface area contributed by atoms with Crippen LogP contribution in [0.15, 0.2) is 12.1 Å². The molecule has 2 atom stereocenters. The molecule has 0 radical (unpaired) electrons. The third kappa shape index (κ3) is 2.35. The average molecular weight is 321 g/mol. The average Bonchev–Trinajstić information content (AvgIpc) is 3.16. The van der Waals surface area contributed by atoms with Crippen molar-refractivity contribution in [1.82, 2.24) is 4.90 Å². The van der Waals surface area contributed by atoms with E-state index >= 15 is 0 Å². The molecule has 0 unspecified atom stereocenters. The Balaban J connectivity index is 1.55. The molecule has 1 aromatic rings. The van der Waals surface area contributed by atoms with Crippen LogP contribution in [0, 0.1) is 5.92 Å². The summed E-state index contributed by atoms with van der Waals surface area (Å²) in [6.45, 7) is 2.40. The minimum Gasteiger partial charge on any atom is -0.496 e. The first-order valence-corrected chi connectivity index (χ1v) is 9.91. The van der Waals surface area contributed by atoms with Gasteiger partial charge in [-0.05, 0) is 48.8 Å². The third-order valence-electron chi connectivity index (χ3n) is 5.58. The molecule has 2 heterocycles. The van der Waals surface area contributed by atoms with Crippen LogP contribution in [0.25, 0.3) is 0 Å². The molecule has 0 N–H and O–H groups in total. The van der Waals surface area contributed by atoms with Crippen molar-refractivity contribution in [2.45, 2.75) is 37.5 Å². The summed E-state index contributed by atoms with van der Waals surface area (Å²) in [7, 11) is -1.12. The van der Waals surface area contributed by atoms with Crippen molar-refractivity contribution in [3.05, 3.63) is 28.8 Å². The van der Waals surface area contributed by atoms with Crippen molar-refractivity contribution < 1.29 is 13.2 Å². The molecule has 2 fully saturated rings. The number of ether oxygens (including phenoxy) is 1. The zero-order valence-electron chi connectivity index (χ0n) is 13.0. The molecule has 120 valence electrons. The summed E-state index contributed by atoms with van der Waals surface area (Å²) in [5.74, 6) is 1.68. The number of hydrogen-bond donors (Lipinski definition) is 0. The molecule has 5 heteroatoms. The van der Waals surface area contributed by atoms with Gasteiger partial charge in [0, 0.05) is 25.2 Å². The normalized spacial score (nSPS) is 29.5. The molecule has 4 rings (SSSR count). The summed E-state index contributed by atoms with van der Waals surface area (Å²) in [4.78, 5) is 2.30. The van der Waals surface area contributed by atoms with Crippen LogP contribution in [0.2, 0.25) is 0 Å². The van der Waals surface area contributed by atoms with E-state index in [1.165, 1.54) is 23.1 Å². The van der Waals surface area contributed by atoms with Gasteiger partial charge in [0.1, 0.15) is 5.75 Å². The molecule has 22 heavy (non-hydrogen) atoms. The first kappa shape index (κ1) is 14.5. The van der Waals surface area contributed by atoms with Gasteiger partial charge in [-0.1, -0.05) is 6.07 Å². The highest BCUT2D eigenvalue weighted by atomic mass is 32.2. The summed E-state index contributed by atoms with van der Waals surface area (Å²) in [6.07, 6.45) is 4.38. The number of rotatable bonds is 3. The highest BCUT2D eigenvalue weighted by molar-refractivity contribution is 7.92. The molecule has 0 spiro atoms. The van der Waals surface area contributed by atoms with Gasteiger partial charge in [-0.25, -0.2) is 8.42 Å². The second kappa shape index (κ2) is 5.24. The lowest BCUT2D eigenvalue weighted by molar-refractivity contribution is 0.306. The van der Waals surface area contributed by atoms with Crippen molar-refractivity contribution in [3.63, 3.8) is 0 Å². The Kier molecular flexibility index (Phi) is 3.46. The molecule has 0 aromatic heterocycles. The summed E-state index contributed by atoms with van der Waals surface area (Å²) in [5, 5.41) is -0.132. The van der Waals surface area contributed by atoms with Gasteiger partial charge >= 0.3 is 0 Å². The molecular weight excluding hydrogens is 298 g/mol. The van der Waals surface area contributed by atoms with Crippen molar-refractivity contribution in [2.75, 3.05) is 26.0 Å². The lowest BCUT2D eigenvalue weighted by atomic mass is 10.0. The van der Waals surface area contributed by atoms with Crippen LogP contribution in [0.5, 0.6) is 5.75 Å². The summed E-state index contributed by atoms with van der Waals surface area (Å²) in [5.41, 5.74) is 4.07. The predicted octanol–water partition coefficient (Wildman–Crippen LogP) is 1.80. The Morgan fingerprint density at radius 3 is 2.73 bits per heavy atom. The topological polar surface area (TPSA) is 46.6 Å². The summed E-state index contributed by atoms with van der Waals surface area (Å²) < 4.78 is 29.7. The molecule has 2 aliphatic heterocycles. The maximum Gasteiger partial charge on any atom is 0.154 e. The first-order valence-electron chi connectivity index (χ1n) is 8.19. The number of likely N-dealkylation sites (tertiary alicyclic amines) is 1. The summed E-state index contributed by atoms with van der Waals surface area (Å²) in [6, 6.07) is 4.47. The lowest BCUT2D eigenvalue weighted by Gasteiger charge is -2.19. The number of nitrogens with zero attached hydrogens (tertiary/aromatic N) is 1. The van der Waals surface area contributed by atoms with Gasteiger partial charge in [0.15, 0.2) is 9.84 Å². The highest BCUT2D eigenvalue weighted by Gasteiger charge is 2.46. The predicted molar refractivity (Wildman–Crippen MR) is 86.0 cm³/mol. The summed E-state index contributed by atoms with van der Waals surface area (Å²) >= 11 is 0. The minimum atomic E-state index is -2.85. The van der Waals surface area contributed by atoms with E-state index in [0.717, 1.165) is 38.1 Å². The molecule has 1 aromatic carbocycles. The van der Waals surface area contributed by atoms with Crippen LogP contribution in [0.4, 0.5) is 0 Å². The highest BCUT2D eigenvalue weighted by Crippen LogP contribution is 2.36. The Bertz CT molecular complexity index is 698. The number of methoxy groups -OCH3 is 1. The fourth-order valence-electron chi connectivity index (χ4n) is 4.41. The second-order valence-corrected chi connectivity index (χ2v) is 9.27. The van der Waals surface area contributed by atoms with Gasteiger partial charge in [0.25, 0.3) is 0 Å². The SMILES string of the molecule is COc1cc2c(cc1CN1C[C@@H]3CCS(=O)(=O)[C@@H]3C1)CCC2. The lowest BCUT2D eigenvalue weighted by Crippen LogP contribution is -2.26. The van der Waals surface area contributed by atoms with E-state index in [1.807, 2.05) is 0 Å². The maximum absolute atomic E-state index is 12.1. The van der Waals surface area contributed by atoms with Crippen LogP contribution in [-0.4, -0.2) is 44.5 Å². The van der Waals surface area contributed by atoms with E-state index < -0.39 is 9.84 Å². The van der Waals surface area contributed by atoms with Crippen molar-refractivity contribution >= 4 is 9.84 Å². The number of benzene rings is 1. The Morgan fingerprint density at radius 1 is 1.23 bits per heavy atom. The fourth-order valence-corrected chi connectivity index (χ4v) is 6.59. The van der Waals surface area contributed by atoms with Crippen molar-refractivity contribution in [3.8, 4) is 5.75 Å². The smallest absolute Gasteiger partial charge is 0.154 e. The minimum absolute atomic E-state index is 0.132. The van der Waals surface area contributed by atoms with Gasteiger partial charge in [-0.2, -0.15) is 0 Å². The fraction of sp³-hybridized carbons (Fsp3) is 0.647. The van der Waals surface area contributed by atoms with E-state index in [2.05, 4.69) is 17.0 Å². The molecular formula is C17H23NO3S. The van der Waals surface area contributed by atoms with Gasteiger partial charge in [-0.3, -0.25) is 4.90 Å². The molecule has 0 amide bonds. The maximum atomic E-state index is 12.1. The van der Waals surface area contributed by atoms with E-state index in [1.54, 1.807) is 7.11 Å². The van der Waals surface area contributed by atoms with Crippen molar-refractivity contribution in [2.24, 2.45) is 5.92 Å². The van der Waals surface area contributed by atoms with Crippen LogP contribution < -0.4 is 4.74 Å². The molecule has 0 saturated carbocycles. The quantitative estimate of drug-likeness (QED) is 0.852. The number of fused-ring (bicyclic) bond motifs is 2. The Labute approximate surface area is 132 Å². The zero-order valence-corrected chi connectivity index (χ0v) is 13.9.